The van der Waals surface area contributed by atoms with E-state index in [4.69, 9.17) is 5.11 Å². The minimum atomic E-state index is -1.12. The summed E-state index contributed by atoms with van der Waals surface area (Å²) in [6.07, 6.45) is 0. The molecule has 0 aliphatic rings. The van der Waals surface area contributed by atoms with Gasteiger partial charge in [-0.1, -0.05) is 13.8 Å². The number of carbonyl (C=O) groups is 1. The fraction of sp³-hybridized carbons (Fsp3) is 0.462. The number of halogens is 1. The minimum absolute atomic E-state index is 0.0400. The Balaban J connectivity index is 2.55. The summed E-state index contributed by atoms with van der Waals surface area (Å²) in [5.74, 6) is -1.65. The van der Waals surface area contributed by atoms with E-state index in [9.17, 15) is 9.18 Å². The van der Waals surface area contributed by atoms with Gasteiger partial charge in [-0.25, -0.2) is 9.18 Å². The van der Waals surface area contributed by atoms with Gasteiger partial charge in [-0.3, -0.25) is 0 Å². The lowest BCUT2D eigenvalue weighted by Gasteiger charge is -2.18. The Labute approximate surface area is 106 Å². The van der Waals surface area contributed by atoms with Crippen molar-refractivity contribution in [3.05, 3.63) is 29.6 Å². The number of carboxylic acids is 1. The number of likely N-dealkylation sites (N-methyl/N-ethyl adjacent to an activating group) is 1. The molecule has 0 heterocycles. The highest BCUT2D eigenvalue weighted by Gasteiger charge is 2.08. The summed E-state index contributed by atoms with van der Waals surface area (Å²) in [4.78, 5) is 12.9. The first kappa shape index (κ1) is 14.4. The average Bonchev–Trinajstić information content (AvgIpc) is 2.36. The van der Waals surface area contributed by atoms with Crippen LogP contribution in [0.2, 0.25) is 0 Å². The van der Waals surface area contributed by atoms with Crippen molar-refractivity contribution in [1.29, 1.82) is 0 Å². The molecule has 0 bridgehead atoms. The number of aromatic carboxylic acids is 1. The fourth-order valence-corrected chi connectivity index (χ4v) is 1.68. The third-order valence-electron chi connectivity index (χ3n) is 2.85. The van der Waals surface area contributed by atoms with Crippen LogP contribution in [0, 0.1) is 5.82 Å². The Bertz CT molecular complexity index is 406. The van der Waals surface area contributed by atoms with Crippen molar-refractivity contribution in [1.82, 2.24) is 4.90 Å². The zero-order chi connectivity index (χ0) is 13.5. The third kappa shape index (κ3) is 4.00. The van der Waals surface area contributed by atoms with Gasteiger partial charge < -0.3 is 15.3 Å². The SMILES string of the molecule is CCN(CC)CCNc1ccc(C(=O)O)cc1F. The summed E-state index contributed by atoms with van der Waals surface area (Å²) in [5, 5.41) is 11.7. The van der Waals surface area contributed by atoms with Crippen molar-refractivity contribution in [3.8, 4) is 0 Å². The molecule has 1 aromatic rings. The second-order valence-corrected chi connectivity index (χ2v) is 3.95. The molecule has 5 heteroatoms. The molecule has 4 nitrogen and oxygen atoms in total. The summed E-state index contributed by atoms with van der Waals surface area (Å²) >= 11 is 0. The number of hydrogen-bond donors (Lipinski definition) is 2. The van der Waals surface area contributed by atoms with Crippen molar-refractivity contribution >= 4 is 11.7 Å². The topological polar surface area (TPSA) is 52.6 Å². The Morgan fingerprint density at radius 2 is 2.06 bits per heavy atom. The quantitative estimate of drug-likeness (QED) is 0.783. The van der Waals surface area contributed by atoms with Gasteiger partial charge >= 0.3 is 5.97 Å². The summed E-state index contributed by atoms with van der Waals surface area (Å²) in [6, 6.07) is 3.88. The number of hydrogen-bond acceptors (Lipinski definition) is 3. The predicted molar refractivity (Wildman–Crippen MR) is 69.6 cm³/mol. The fourth-order valence-electron chi connectivity index (χ4n) is 1.68. The van der Waals surface area contributed by atoms with Crippen molar-refractivity contribution in [2.75, 3.05) is 31.5 Å². The zero-order valence-electron chi connectivity index (χ0n) is 10.7. The number of benzene rings is 1. The number of rotatable bonds is 7. The van der Waals surface area contributed by atoms with Crippen molar-refractivity contribution in [2.45, 2.75) is 13.8 Å². The van der Waals surface area contributed by atoms with Crippen LogP contribution in [-0.4, -0.2) is 42.2 Å². The summed E-state index contributed by atoms with van der Waals surface area (Å²) < 4.78 is 13.6. The molecule has 0 radical (unpaired) electrons. The average molecular weight is 254 g/mol. The number of nitrogens with one attached hydrogen (secondary N) is 1. The van der Waals surface area contributed by atoms with Gasteiger partial charge in [-0.15, -0.1) is 0 Å². The van der Waals surface area contributed by atoms with Gasteiger partial charge in [-0.2, -0.15) is 0 Å². The molecule has 0 aliphatic carbocycles. The van der Waals surface area contributed by atoms with Gasteiger partial charge in [0, 0.05) is 13.1 Å². The molecule has 0 aromatic heterocycles. The van der Waals surface area contributed by atoms with E-state index < -0.39 is 11.8 Å². The van der Waals surface area contributed by atoms with Crippen molar-refractivity contribution < 1.29 is 14.3 Å². The second-order valence-electron chi connectivity index (χ2n) is 3.95. The number of nitrogens with zero attached hydrogens (tertiary/aromatic N) is 1. The molecule has 1 rings (SSSR count). The predicted octanol–water partition coefficient (Wildman–Crippen LogP) is 2.28. The summed E-state index contributed by atoms with van der Waals surface area (Å²) in [5.41, 5.74) is 0.300. The molecule has 2 N–H and O–H groups in total. The molecule has 0 unspecified atom stereocenters. The highest BCUT2D eigenvalue weighted by molar-refractivity contribution is 5.88. The molecule has 0 amide bonds. The Morgan fingerprint density at radius 3 is 2.56 bits per heavy atom. The maximum atomic E-state index is 13.6. The minimum Gasteiger partial charge on any atom is -0.478 e. The largest absolute Gasteiger partial charge is 0.478 e. The summed E-state index contributed by atoms with van der Waals surface area (Å²) in [6.45, 7) is 7.52. The first-order valence-corrected chi connectivity index (χ1v) is 6.07. The molecular formula is C13H19FN2O2. The molecular weight excluding hydrogens is 235 g/mol. The first-order chi connectivity index (χ1) is 8.58. The van der Waals surface area contributed by atoms with Crippen molar-refractivity contribution in [3.63, 3.8) is 0 Å². The van der Waals surface area contributed by atoms with E-state index in [1.165, 1.54) is 12.1 Å². The Morgan fingerprint density at radius 1 is 1.39 bits per heavy atom. The van der Waals surface area contributed by atoms with Crippen LogP contribution in [-0.2, 0) is 0 Å². The Kier molecular flexibility index (Phi) is 5.58. The first-order valence-electron chi connectivity index (χ1n) is 6.07. The van der Waals surface area contributed by atoms with Crippen LogP contribution in [0.15, 0.2) is 18.2 Å². The smallest absolute Gasteiger partial charge is 0.335 e. The maximum Gasteiger partial charge on any atom is 0.335 e. The maximum absolute atomic E-state index is 13.6. The van der Waals surface area contributed by atoms with Crippen LogP contribution >= 0.6 is 0 Å². The van der Waals surface area contributed by atoms with Crippen LogP contribution in [0.1, 0.15) is 24.2 Å². The standard InChI is InChI=1S/C13H19FN2O2/c1-3-16(4-2)8-7-15-12-6-5-10(13(17)18)9-11(12)14/h5-6,9,15H,3-4,7-8H2,1-2H3,(H,17,18). The molecule has 100 valence electrons. The lowest BCUT2D eigenvalue weighted by molar-refractivity contribution is 0.0696. The molecule has 0 saturated carbocycles. The monoisotopic (exact) mass is 254 g/mol. The molecule has 1 aromatic carbocycles. The van der Waals surface area contributed by atoms with Gasteiger partial charge in [0.2, 0.25) is 0 Å². The summed E-state index contributed by atoms with van der Waals surface area (Å²) in [7, 11) is 0. The molecule has 0 atom stereocenters. The molecule has 0 saturated heterocycles. The normalized spacial score (nSPS) is 10.7. The van der Waals surface area contributed by atoms with Gasteiger partial charge in [0.05, 0.1) is 11.3 Å². The van der Waals surface area contributed by atoms with Gasteiger partial charge in [0.15, 0.2) is 0 Å². The molecule has 18 heavy (non-hydrogen) atoms. The van der Waals surface area contributed by atoms with E-state index in [0.29, 0.717) is 12.2 Å². The van der Waals surface area contributed by atoms with Crippen LogP contribution in [0.5, 0.6) is 0 Å². The van der Waals surface area contributed by atoms with E-state index >= 15 is 0 Å². The molecule has 0 spiro atoms. The number of anilines is 1. The molecule has 0 fully saturated rings. The van der Waals surface area contributed by atoms with E-state index in [2.05, 4.69) is 24.1 Å². The van der Waals surface area contributed by atoms with E-state index in [1.807, 2.05) is 0 Å². The van der Waals surface area contributed by atoms with Gasteiger partial charge in [-0.05, 0) is 31.3 Å². The number of carboxylic acid groups (broad SMARTS) is 1. The van der Waals surface area contributed by atoms with Crippen LogP contribution in [0.3, 0.4) is 0 Å². The van der Waals surface area contributed by atoms with Gasteiger partial charge in [0.25, 0.3) is 0 Å². The molecule has 0 aliphatic heterocycles. The highest BCUT2D eigenvalue weighted by Crippen LogP contribution is 2.15. The van der Waals surface area contributed by atoms with Crippen LogP contribution in [0.25, 0.3) is 0 Å². The zero-order valence-corrected chi connectivity index (χ0v) is 10.7. The third-order valence-corrected chi connectivity index (χ3v) is 2.85. The van der Waals surface area contributed by atoms with E-state index in [-0.39, 0.29) is 5.56 Å². The van der Waals surface area contributed by atoms with Gasteiger partial charge in [0.1, 0.15) is 5.82 Å². The lowest BCUT2D eigenvalue weighted by Crippen LogP contribution is -2.28. The van der Waals surface area contributed by atoms with Crippen molar-refractivity contribution in [2.24, 2.45) is 0 Å². The van der Waals surface area contributed by atoms with Crippen LogP contribution in [0.4, 0.5) is 10.1 Å². The second kappa shape index (κ2) is 6.96. The Hall–Kier alpha value is -1.62. The highest BCUT2D eigenvalue weighted by atomic mass is 19.1. The lowest BCUT2D eigenvalue weighted by atomic mass is 10.2. The van der Waals surface area contributed by atoms with E-state index in [0.717, 1.165) is 25.7 Å². The van der Waals surface area contributed by atoms with E-state index in [1.54, 1.807) is 0 Å². The van der Waals surface area contributed by atoms with Crippen LogP contribution < -0.4 is 5.32 Å².